The SMILES string of the molecule is Nc1ncc(C#Cc2cnn3c(C4CC4)cc(-c4ccc(Cl)cc4)nc23)cn1. The quantitative estimate of drug-likeness (QED) is 0.531. The van der Waals surface area contributed by atoms with E-state index in [1.165, 1.54) is 18.5 Å². The van der Waals surface area contributed by atoms with E-state index >= 15 is 0 Å². The summed E-state index contributed by atoms with van der Waals surface area (Å²) < 4.78 is 1.90. The fourth-order valence-electron chi connectivity index (χ4n) is 3.05. The number of nitrogens with zero attached hydrogens (tertiary/aromatic N) is 5. The molecule has 0 saturated heterocycles. The summed E-state index contributed by atoms with van der Waals surface area (Å²) in [7, 11) is 0. The molecule has 5 rings (SSSR count). The van der Waals surface area contributed by atoms with Gasteiger partial charge in [0.05, 0.1) is 23.0 Å². The van der Waals surface area contributed by atoms with Crippen LogP contribution in [0.4, 0.5) is 5.95 Å². The maximum Gasteiger partial charge on any atom is 0.219 e. The molecule has 1 saturated carbocycles. The Kier molecular flexibility index (Phi) is 3.96. The van der Waals surface area contributed by atoms with Crippen LogP contribution in [0.2, 0.25) is 5.02 Å². The van der Waals surface area contributed by atoms with Crippen LogP contribution in [-0.4, -0.2) is 24.6 Å². The van der Waals surface area contributed by atoms with Crippen molar-refractivity contribution in [1.29, 1.82) is 0 Å². The Balaban J connectivity index is 1.63. The number of hydrogen-bond acceptors (Lipinski definition) is 5. The number of rotatable bonds is 2. The van der Waals surface area contributed by atoms with Crippen molar-refractivity contribution in [3.8, 4) is 23.1 Å². The second-order valence-electron chi connectivity index (χ2n) is 6.72. The molecule has 3 heterocycles. The smallest absolute Gasteiger partial charge is 0.219 e. The minimum Gasteiger partial charge on any atom is -0.368 e. The Morgan fingerprint density at radius 2 is 1.79 bits per heavy atom. The van der Waals surface area contributed by atoms with Gasteiger partial charge in [-0.1, -0.05) is 35.6 Å². The number of benzene rings is 1. The van der Waals surface area contributed by atoms with Gasteiger partial charge in [-0.3, -0.25) is 0 Å². The monoisotopic (exact) mass is 386 g/mol. The first-order valence-electron chi connectivity index (χ1n) is 8.91. The van der Waals surface area contributed by atoms with Crippen molar-refractivity contribution in [3.05, 3.63) is 70.8 Å². The fraction of sp³-hybridized carbons (Fsp3) is 0.143. The lowest BCUT2D eigenvalue weighted by Gasteiger charge is -2.08. The van der Waals surface area contributed by atoms with Gasteiger partial charge < -0.3 is 5.73 Å². The first kappa shape index (κ1) is 16.7. The van der Waals surface area contributed by atoms with Gasteiger partial charge in [0.1, 0.15) is 0 Å². The Labute approximate surface area is 166 Å². The highest BCUT2D eigenvalue weighted by Gasteiger charge is 2.28. The van der Waals surface area contributed by atoms with Gasteiger partial charge in [0, 0.05) is 34.6 Å². The highest BCUT2D eigenvalue weighted by Crippen LogP contribution is 2.41. The Bertz CT molecular complexity index is 1230. The summed E-state index contributed by atoms with van der Waals surface area (Å²) in [4.78, 5) is 12.8. The molecule has 0 aliphatic heterocycles. The molecule has 1 aliphatic rings. The summed E-state index contributed by atoms with van der Waals surface area (Å²) in [5.74, 6) is 6.94. The van der Waals surface area contributed by atoms with Crippen molar-refractivity contribution in [2.75, 3.05) is 5.73 Å². The molecule has 1 fully saturated rings. The van der Waals surface area contributed by atoms with Gasteiger partial charge in [-0.25, -0.2) is 19.5 Å². The fourth-order valence-corrected chi connectivity index (χ4v) is 3.18. The van der Waals surface area contributed by atoms with Crippen LogP contribution in [0.3, 0.4) is 0 Å². The van der Waals surface area contributed by atoms with Crippen LogP contribution in [-0.2, 0) is 0 Å². The van der Waals surface area contributed by atoms with Gasteiger partial charge in [-0.2, -0.15) is 5.10 Å². The molecular formula is C21H15ClN6. The average Bonchev–Trinajstić information content (AvgIpc) is 3.48. The van der Waals surface area contributed by atoms with Crippen molar-refractivity contribution in [2.24, 2.45) is 0 Å². The standard InChI is InChI=1S/C21H15ClN6/c22-17-7-5-14(6-8-17)18-9-19(15-3-4-15)28-20(27-18)16(12-26-28)2-1-13-10-24-21(23)25-11-13/h5-12,15H,3-4H2,(H2,23,24,25). The van der Waals surface area contributed by atoms with Gasteiger partial charge in [0.15, 0.2) is 5.65 Å². The highest BCUT2D eigenvalue weighted by molar-refractivity contribution is 6.30. The van der Waals surface area contributed by atoms with Crippen LogP contribution in [0.1, 0.15) is 35.6 Å². The number of nitrogen functional groups attached to an aromatic ring is 1. The van der Waals surface area contributed by atoms with Crippen molar-refractivity contribution in [2.45, 2.75) is 18.8 Å². The Hall–Kier alpha value is -3.43. The molecule has 28 heavy (non-hydrogen) atoms. The van der Waals surface area contributed by atoms with Crippen LogP contribution in [0.25, 0.3) is 16.9 Å². The summed E-state index contributed by atoms with van der Waals surface area (Å²) in [6.07, 6.45) is 7.29. The third kappa shape index (κ3) is 3.17. The largest absolute Gasteiger partial charge is 0.368 e. The second kappa shape index (κ2) is 6.63. The number of aromatic nitrogens is 5. The third-order valence-corrected chi connectivity index (χ3v) is 4.90. The number of nitrogens with two attached hydrogens (primary N) is 1. The average molecular weight is 387 g/mol. The summed E-state index contributed by atoms with van der Waals surface area (Å²) >= 11 is 6.03. The Morgan fingerprint density at radius 1 is 1.04 bits per heavy atom. The van der Waals surface area contributed by atoms with Crippen molar-refractivity contribution >= 4 is 23.2 Å². The third-order valence-electron chi connectivity index (χ3n) is 4.65. The van der Waals surface area contributed by atoms with E-state index in [-0.39, 0.29) is 5.95 Å². The van der Waals surface area contributed by atoms with Crippen molar-refractivity contribution in [1.82, 2.24) is 24.6 Å². The van der Waals surface area contributed by atoms with E-state index < -0.39 is 0 Å². The zero-order chi connectivity index (χ0) is 19.1. The van der Waals surface area contributed by atoms with E-state index in [0.717, 1.165) is 22.5 Å². The minimum absolute atomic E-state index is 0.227. The van der Waals surface area contributed by atoms with Crippen LogP contribution in [0, 0.1) is 11.8 Å². The maximum atomic E-state index is 6.03. The molecule has 7 heteroatoms. The van der Waals surface area contributed by atoms with Crippen LogP contribution in [0.5, 0.6) is 0 Å². The summed E-state index contributed by atoms with van der Waals surface area (Å²) in [5, 5.41) is 5.24. The first-order valence-corrected chi connectivity index (χ1v) is 9.29. The normalized spacial score (nSPS) is 13.3. The number of fused-ring (bicyclic) bond motifs is 1. The van der Waals surface area contributed by atoms with Crippen LogP contribution < -0.4 is 5.73 Å². The van der Waals surface area contributed by atoms with Crippen LogP contribution >= 0.6 is 11.6 Å². The molecule has 0 amide bonds. The molecule has 1 aliphatic carbocycles. The number of hydrogen-bond donors (Lipinski definition) is 1. The molecule has 6 nitrogen and oxygen atoms in total. The van der Waals surface area contributed by atoms with Gasteiger partial charge >= 0.3 is 0 Å². The van der Waals surface area contributed by atoms with Crippen molar-refractivity contribution < 1.29 is 0 Å². The molecule has 3 aromatic heterocycles. The minimum atomic E-state index is 0.227. The topological polar surface area (TPSA) is 82.0 Å². The molecular weight excluding hydrogens is 372 g/mol. The van der Waals surface area contributed by atoms with Gasteiger partial charge in [0.25, 0.3) is 0 Å². The van der Waals surface area contributed by atoms with Crippen molar-refractivity contribution in [3.63, 3.8) is 0 Å². The molecule has 4 aromatic rings. The van der Waals surface area contributed by atoms with E-state index in [4.69, 9.17) is 22.3 Å². The molecule has 1 aromatic carbocycles. The summed E-state index contributed by atoms with van der Waals surface area (Å²) in [6.45, 7) is 0. The lowest BCUT2D eigenvalue weighted by atomic mass is 10.1. The molecule has 0 bridgehead atoms. The number of halogens is 1. The lowest BCUT2D eigenvalue weighted by molar-refractivity contribution is 0.844. The zero-order valence-corrected chi connectivity index (χ0v) is 15.6. The van der Waals surface area contributed by atoms with E-state index in [0.29, 0.717) is 16.5 Å². The van der Waals surface area contributed by atoms with E-state index in [9.17, 15) is 0 Å². The van der Waals surface area contributed by atoms with E-state index in [2.05, 4.69) is 33.0 Å². The molecule has 0 unspecified atom stereocenters. The maximum absolute atomic E-state index is 6.03. The Morgan fingerprint density at radius 3 is 2.50 bits per heavy atom. The summed E-state index contributed by atoms with van der Waals surface area (Å²) in [5.41, 5.74) is 10.8. The molecule has 0 radical (unpaired) electrons. The molecule has 0 spiro atoms. The molecule has 2 N–H and O–H groups in total. The van der Waals surface area contributed by atoms with E-state index in [1.54, 1.807) is 18.6 Å². The number of anilines is 1. The predicted octanol–water partition coefficient (Wildman–Crippen LogP) is 3.70. The summed E-state index contributed by atoms with van der Waals surface area (Å²) in [6, 6.07) is 9.82. The molecule has 136 valence electrons. The molecule has 0 atom stereocenters. The second-order valence-corrected chi connectivity index (χ2v) is 7.16. The van der Waals surface area contributed by atoms with E-state index in [1.807, 2.05) is 28.8 Å². The predicted molar refractivity (Wildman–Crippen MR) is 108 cm³/mol. The van der Waals surface area contributed by atoms with Gasteiger partial charge in [-0.15, -0.1) is 0 Å². The van der Waals surface area contributed by atoms with Crippen LogP contribution in [0.15, 0.2) is 48.9 Å². The first-order chi connectivity index (χ1) is 13.7. The van der Waals surface area contributed by atoms with Gasteiger partial charge in [0.2, 0.25) is 5.95 Å². The zero-order valence-electron chi connectivity index (χ0n) is 14.8. The van der Waals surface area contributed by atoms with Gasteiger partial charge in [-0.05, 0) is 31.0 Å². The lowest BCUT2D eigenvalue weighted by Crippen LogP contribution is -2.01. The highest BCUT2D eigenvalue weighted by atomic mass is 35.5.